The van der Waals surface area contributed by atoms with Gasteiger partial charge in [-0.15, -0.1) is 0 Å². The lowest BCUT2D eigenvalue weighted by atomic mass is 10.1. The number of amides is 1. The van der Waals surface area contributed by atoms with Gasteiger partial charge in [-0.2, -0.15) is 0 Å². The van der Waals surface area contributed by atoms with E-state index in [-0.39, 0.29) is 17.6 Å². The van der Waals surface area contributed by atoms with Gasteiger partial charge in [0.05, 0.1) is 25.8 Å². The Labute approximate surface area is 152 Å². The van der Waals surface area contributed by atoms with E-state index in [4.69, 9.17) is 9.47 Å². The van der Waals surface area contributed by atoms with Gasteiger partial charge >= 0.3 is 0 Å². The van der Waals surface area contributed by atoms with Crippen LogP contribution < -0.4 is 15.0 Å². The van der Waals surface area contributed by atoms with E-state index in [1.165, 1.54) is 0 Å². The predicted octanol–water partition coefficient (Wildman–Crippen LogP) is 2.40. The number of aryl methyl sites for hydroxylation is 1. The molecule has 1 saturated heterocycles. The Morgan fingerprint density at radius 1 is 1.15 bits per heavy atom. The summed E-state index contributed by atoms with van der Waals surface area (Å²) >= 11 is 0. The van der Waals surface area contributed by atoms with Crippen molar-refractivity contribution in [1.29, 1.82) is 0 Å². The molecule has 2 aliphatic rings. The van der Waals surface area contributed by atoms with E-state index in [1.54, 1.807) is 30.2 Å². The van der Waals surface area contributed by atoms with Gasteiger partial charge in [0.15, 0.2) is 0 Å². The van der Waals surface area contributed by atoms with E-state index in [2.05, 4.69) is 0 Å². The first-order valence-corrected chi connectivity index (χ1v) is 8.89. The second-order valence-corrected chi connectivity index (χ2v) is 6.92. The minimum atomic E-state index is -0.0933. The maximum Gasteiger partial charge on any atom is 0.257 e. The van der Waals surface area contributed by atoms with Crippen LogP contribution in [0, 0.1) is 6.92 Å². The summed E-state index contributed by atoms with van der Waals surface area (Å²) in [5.41, 5.74) is 1.47. The normalized spacial score (nSPS) is 16.9. The quantitative estimate of drug-likeness (QED) is 0.827. The monoisotopic (exact) mass is 354 g/mol. The summed E-state index contributed by atoms with van der Waals surface area (Å²) in [6, 6.07) is 11.0. The highest BCUT2D eigenvalue weighted by atomic mass is 16.5. The third-order valence-electron chi connectivity index (χ3n) is 4.92. The van der Waals surface area contributed by atoms with E-state index in [0.29, 0.717) is 36.2 Å². The molecule has 2 fully saturated rings. The summed E-state index contributed by atoms with van der Waals surface area (Å²) in [5, 5.41) is 0. The number of para-hydroxylation sites is 1. The van der Waals surface area contributed by atoms with Crippen LogP contribution in [-0.2, 0) is 0 Å². The van der Waals surface area contributed by atoms with Crippen LogP contribution in [0.1, 0.15) is 34.9 Å². The maximum atomic E-state index is 12.6. The van der Waals surface area contributed by atoms with Crippen molar-refractivity contribution in [3.8, 4) is 11.5 Å². The fourth-order valence-electron chi connectivity index (χ4n) is 3.41. The lowest BCUT2D eigenvalue weighted by molar-refractivity contribution is 0.0174. The van der Waals surface area contributed by atoms with Gasteiger partial charge < -0.3 is 18.9 Å². The zero-order chi connectivity index (χ0) is 18.3. The molecule has 136 valence electrons. The zero-order valence-corrected chi connectivity index (χ0v) is 15.0. The van der Waals surface area contributed by atoms with Crippen LogP contribution in [0.15, 0.2) is 41.2 Å². The van der Waals surface area contributed by atoms with Gasteiger partial charge in [0.2, 0.25) is 0 Å². The summed E-state index contributed by atoms with van der Waals surface area (Å²) < 4.78 is 13.0. The van der Waals surface area contributed by atoms with Crippen LogP contribution in [0.2, 0.25) is 0 Å². The van der Waals surface area contributed by atoms with Crippen LogP contribution in [-0.4, -0.2) is 41.7 Å². The highest BCUT2D eigenvalue weighted by Crippen LogP contribution is 2.35. The molecule has 2 heterocycles. The molecular formula is C20H22N2O4. The topological polar surface area (TPSA) is 60.8 Å². The van der Waals surface area contributed by atoms with Crippen molar-refractivity contribution in [2.24, 2.45) is 0 Å². The number of benzene rings is 1. The van der Waals surface area contributed by atoms with Gasteiger partial charge in [0, 0.05) is 17.8 Å². The molecule has 1 aliphatic carbocycles. The highest BCUT2D eigenvalue weighted by molar-refractivity contribution is 5.97. The number of nitrogens with zero attached hydrogens (tertiary/aromatic N) is 2. The number of carbonyl (C=O) groups excluding carboxylic acids is 1. The number of hydrogen-bond acceptors (Lipinski definition) is 4. The lowest BCUT2D eigenvalue weighted by Gasteiger charge is -2.39. The molecule has 0 radical (unpaired) electrons. The number of rotatable bonds is 5. The first-order valence-electron chi connectivity index (χ1n) is 8.89. The van der Waals surface area contributed by atoms with Crippen LogP contribution in [0.25, 0.3) is 0 Å². The minimum Gasteiger partial charge on any atom is -0.496 e. The summed E-state index contributed by atoms with van der Waals surface area (Å²) in [4.78, 5) is 26.6. The van der Waals surface area contributed by atoms with Crippen molar-refractivity contribution in [3.63, 3.8) is 0 Å². The Balaban J connectivity index is 1.39. The maximum absolute atomic E-state index is 12.6. The van der Waals surface area contributed by atoms with Gasteiger partial charge in [0.25, 0.3) is 11.5 Å². The lowest BCUT2D eigenvalue weighted by Crippen LogP contribution is -2.56. The van der Waals surface area contributed by atoms with Crippen LogP contribution in [0.4, 0.5) is 0 Å². The van der Waals surface area contributed by atoms with E-state index >= 15 is 0 Å². The smallest absolute Gasteiger partial charge is 0.257 e. The summed E-state index contributed by atoms with van der Waals surface area (Å²) in [6.45, 7) is 2.94. The molecule has 6 heteroatoms. The van der Waals surface area contributed by atoms with Crippen molar-refractivity contribution in [2.75, 3.05) is 20.2 Å². The number of methoxy groups -OCH3 is 1. The fraction of sp³-hybridized carbons (Fsp3) is 0.400. The van der Waals surface area contributed by atoms with Crippen LogP contribution in [0.5, 0.6) is 11.5 Å². The average Bonchev–Trinajstić information content (AvgIpc) is 3.41. The van der Waals surface area contributed by atoms with Gasteiger partial charge in [0.1, 0.15) is 17.6 Å². The molecule has 26 heavy (non-hydrogen) atoms. The third-order valence-corrected chi connectivity index (χ3v) is 4.92. The molecule has 0 N–H and O–H groups in total. The average molecular weight is 354 g/mol. The number of hydrogen-bond donors (Lipinski definition) is 0. The number of pyridine rings is 1. The van der Waals surface area contributed by atoms with Crippen molar-refractivity contribution in [1.82, 2.24) is 9.47 Å². The molecule has 0 atom stereocenters. The predicted molar refractivity (Wildman–Crippen MR) is 97.0 cm³/mol. The van der Waals surface area contributed by atoms with Gasteiger partial charge in [-0.3, -0.25) is 9.59 Å². The molecule has 1 amide bonds. The van der Waals surface area contributed by atoms with Crippen molar-refractivity contribution >= 4 is 5.91 Å². The number of ether oxygens (including phenoxy) is 2. The van der Waals surface area contributed by atoms with E-state index in [1.807, 2.05) is 29.7 Å². The first kappa shape index (κ1) is 16.7. The Morgan fingerprint density at radius 2 is 1.88 bits per heavy atom. The number of likely N-dealkylation sites (tertiary alicyclic amines) is 1. The molecule has 2 aromatic rings. The SMILES string of the molecule is COc1ccccc1C(=O)N1CC(Oc2cc(C)n(C3CC3)c(=O)c2)C1. The number of carbonyl (C=O) groups is 1. The zero-order valence-electron chi connectivity index (χ0n) is 15.0. The Kier molecular flexibility index (Phi) is 4.18. The summed E-state index contributed by atoms with van der Waals surface area (Å²) in [7, 11) is 1.56. The van der Waals surface area contributed by atoms with Crippen molar-refractivity contribution in [3.05, 3.63) is 58.0 Å². The van der Waals surface area contributed by atoms with Crippen LogP contribution >= 0.6 is 0 Å². The molecule has 0 bridgehead atoms. The molecule has 0 unspecified atom stereocenters. The molecule has 1 saturated carbocycles. The molecule has 4 rings (SSSR count). The van der Waals surface area contributed by atoms with E-state index < -0.39 is 0 Å². The molecule has 0 spiro atoms. The molecule has 1 aliphatic heterocycles. The molecular weight excluding hydrogens is 332 g/mol. The number of aromatic nitrogens is 1. The van der Waals surface area contributed by atoms with Crippen LogP contribution in [0.3, 0.4) is 0 Å². The summed E-state index contributed by atoms with van der Waals surface area (Å²) in [6.07, 6.45) is 2.05. The molecule has 6 nitrogen and oxygen atoms in total. The minimum absolute atomic E-state index is 0.0104. The largest absolute Gasteiger partial charge is 0.496 e. The molecule has 1 aromatic heterocycles. The van der Waals surface area contributed by atoms with Gasteiger partial charge in [-0.05, 0) is 38.0 Å². The second kappa shape index (κ2) is 6.52. The standard InChI is InChI=1S/C20H22N2O4/c1-13-9-15(10-19(23)22(13)14-7-8-14)26-16-11-21(12-16)20(24)17-5-3-4-6-18(17)25-2/h3-6,9-10,14,16H,7-8,11-12H2,1-2H3. The Hall–Kier alpha value is -2.76. The summed E-state index contributed by atoms with van der Waals surface area (Å²) in [5.74, 6) is 1.09. The van der Waals surface area contributed by atoms with Gasteiger partial charge in [-0.25, -0.2) is 0 Å². The first-order chi connectivity index (χ1) is 12.6. The van der Waals surface area contributed by atoms with E-state index in [9.17, 15) is 9.59 Å². The van der Waals surface area contributed by atoms with E-state index in [0.717, 1.165) is 18.5 Å². The van der Waals surface area contributed by atoms with Gasteiger partial charge in [-0.1, -0.05) is 12.1 Å². The molecule has 1 aromatic carbocycles. The van der Waals surface area contributed by atoms with Crippen molar-refractivity contribution < 1.29 is 14.3 Å². The Morgan fingerprint density at radius 3 is 2.54 bits per heavy atom. The second-order valence-electron chi connectivity index (χ2n) is 6.92. The van der Waals surface area contributed by atoms with Crippen molar-refractivity contribution in [2.45, 2.75) is 31.9 Å². The highest BCUT2D eigenvalue weighted by Gasteiger charge is 2.34. The third kappa shape index (κ3) is 3.07. The fourth-order valence-corrected chi connectivity index (χ4v) is 3.41. The Bertz CT molecular complexity index is 895.